The molecule has 2 aromatic carbocycles. The van der Waals surface area contributed by atoms with E-state index in [1.54, 1.807) is 37.4 Å². The number of nitrogens with one attached hydrogen (secondary N) is 2. The topological polar surface area (TPSA) is 104 Å². The number of carbonyl (C=O) groups excluding carboxylic acids is 1. The van der Waals surface area contributed by atoms with Crippen molar-refractivity contribution in [1.82, 2.24) is 14.9 Å². The number of para-hydroxylation sites is 1. The molecule has 3 N–H and O–H groups in total. The average molecular weight is 454 g/mol. The molecule has 1 aliphatic rings. The molecule has 1 saturated carbocycles. The normalized spacial score (nSPS) is 19.2. The van der Waals surface area contributed by atoms with Gasteiger partial charge in [0.25, 0.3) is 0 Å². The summed E-state index contributed by atoms with van der Waals surface area (Å²) in [6.45, 7) is 3.80. The molecule has 3 unspecified atom stereocenters. The first kappa shape index (κ1) is 22.8. The van der Waals surface area contributed by atoms with E-state index < -0.39 is 23.8 Å². The summed E-state index contributed by atoms with van der Waals surface area (Å²) < 4.78 is 16.4. The van der Waals surface area contributed by atoms with Crippen LogP contribution in [-0.4, -0.2) is 26.5 Å². The SMILES string of the molecule is CC(C)c1ccc(C(NC(=O)C2CCCC2C(=O)O)c2cccc3c2[nH]c(=O)n3C)cc1F. The smallest absolute Gasteiger partial charge is 0.326 e. The Morgan fingerprint density at radius 2 is 1.88 bits per heavy atom. The van der Waals surface area contributed by atoms with Gasteiger partial charge in [-0.15, -0.1) is 0 Å². The van der Waals surface area contributed by atoms with Gasteiger partial charge in [0.2, 0.25) is 5.91 Å². The van der Waals surface area contributed by atoms with Gasteiger partial charge in [-0.25, -0.2) is 9.18 Å². The number of amides is 1. The van der Waals surface area contributed by atoms with Gasteiger partial charge in [-0.2, -0.15) is 0 Å². The lowest BCUT2D eigenvalue weighted by molar-refractivity contribution is -0.146. The van der Waals surface area contributed by atoms with Crippen LogP contribution in [0.1, 0.15) is 61.8 Å². The summed E-state index contributed by atoms with van der Waals surface area (Å²) in [5.41, 5.74) is 2.60. The number of aromatic amines is 1. The molecule has 33 heavy (non-hydrogen) atoms. The number of nitrogens with zero attached hydrogens (tertiary/aromatic N) is 1. The van der Waals surface area contributed by atoms with Crippen molar-refractivity contribution in [3.05, 3.63) is 69.4 Å². The van der Waals surface area contributed by atoms with Gasteiger partial charge in [0.05, 0.1) is 28.9 Å². The highest BCUT2D eigenvalue weighted by atomic mass is 19.1. The molecule has 1 aromatic heterocycles. The predicted molar refractivity (Wildman–Crippen MR) is 122 cm³/mol. The van der Waals surface area contributed by atoms with E-state index in [0.29, 0.717) is 47.0 Å². The van der Waals surface area contributed by atoms with Crippen molar-refractivity contribution in [2.75, 3.05) is 0 Å². The van der Waals surface area contributed by atoms with E-state index in [2.05, 4.69) is 10.3 Å². The molecule has 1 aliphatic carbocycles. The number of hydrogen-bond acceptors (Lipinski definition) is 3. The van der Waals surface area contributed by atoms with Crippen molar-refractivity contribution in [1.29, 1.82) is 0 Å². The number of aryl methyl sites for hydroxylation is 1. The fourth-order valence-electron chi connectivity index (χ4n) is 4.86. The van der Waals surface area contributed by atoms with Crippen LogP contribution in [0.25, 0.3) is 11.0 Å². The van der Waals surface area contributed by atoms with Crippen LogP contribution in [-0.2, 0) is 16.6 Å². The van der Waals surface area contributed by atoms with Crippen LogP contribution in [0.15, 0.2) is 41.2 Å². The Morgan fingerprint density at radius 3 is 2.55 bits per heavy atom. The highest BCUT2D eigenvalue weighted by Crippen LogP contribution is 2.35. The fraction of sp³-hybridized carbons (Fsp3) is 0.400. The third-order valence-corrected chi connectivity index (χ3v) is 6.72. The van der Waals surface area contributed by atoms with Gasteiger partial charge >= 0.3 is 11.7 Å². The lowest BCUT2D eigenvalue weighted by Gasteiger charge is -2.24. The summed E-state index contributed by atoms with van der Waals surface area (Å²) in [7, 11) is 1.64. The van der Waals surface area contributed by atoms with Gasteiger partial charge in [-0.3, -0.25) is 14.2 Å². The van der Waals surface area contributed by atoms with Crippen molar-refractivity contribution >= 4 is 22.9 Å². The number of imidazole rings is 1. The second kappa shape index (κ2) is 8.84. The summed E-state index contributed by atoms with van der Waals surface area (Å²) in [5, 5.41) is 12.5. The van der Waals surface area contributed by atoms with Crippen LogP contribution < -0.4 is 11.0 Å². The standard InChI is InChI=1S/C25H28FN3O4/c1-13(2)15-11-10-14(12-19(15)26)21(27-23(30)16-6-4-7-17(16)24(31)32)18-8-5-9-20-22(18)28-25(33)29(20)3/h5,8-13,16-17,21H,4,6-7H2,1-3H3,(H,27,30)(H,28,33)(H,31,32). The molecule has 174 valence electrons. The van der Waals surface area contributed by atoms with Crippen LogP contribution in [0.3, 0.4) is 0 Å². The summed E-state index contributed by atoms with van der Waals surface area (Å²) in [5.74, 6) is -3.13. The molecule has 1 fully saturated rings. The van der Waals surface area contributed by atoms with Gasteiger partial charge in [0, 0.05) is 12.6 Å². The van der Waals surface area contributed by atoms with Gasteiger partial charge in [-0.1, -0.05) is 44.5 Å². The Balaban J connectivity index is 1.81. The Kier molecular flexibility index (Phi) is 6.10. The fourth-order valence-corrected chi connectivity index (χ4v) is 4.86. The van der Waals surface area contributed by atoms with E-state index in [-0.39, 0.29) is 23.3 Å². The largest absolute Gasteiger partial charge is 0.481 e. The molecule has 4 rings (SSSR count). The van der Waals surface area contributed by atoms with Crippen LogP contribution in [0.2, 0.25) is 0 Å². The molecule has 7 nitrogen and oxygen atoms in total. The highest BCUT2D eigenvalue weighted by Gasteiger charge is 2.38. The number of aromatic nitrogens is 2. The van der Waals surface area contributed by atoms with Crippen LogP contribution in [0.4, 0.5) is 4.39 Å². The molecule has 0 radical (unpaired) electrons. The minimum Gasteiger partial charge on any atom is -0.481 e. The van der Waals surface area contributed by atoms with Gasteiger partial charge in [-0.05, 0) is 42.0 Å². The Bertz CT molecular complexity index is 1280. The van der Waals surface area contributed by atoms with E-state index in [9.17, 15) is 23.9 Å². The minimum atomic E-state index is -0.981. The number of aliphatic carboxylic acids is 1. The van der Waals surface area contributed by atoms with Crippen molar-refractivity contribution in [2.45, 2.75) is 45.1 Å². The number of hydrogen-bond donors (Lipinski definition) is 3. The molecule has 0 saturated heterocycles. The second-order valence-electron chi connectivity index (χ2n) is 9.09. The average Bonchev–Trinajstić information content (AvgIpc) is 3.37. The molecule has 0 aliphatic heterocycles. The monoisotopic (exact) mass is 453 g/mol. The van der Waals surface area contributed by atoms with Gasteiger partial charge in [0.15, 0.2) is 0 Å². The first-order valence-corrected chi connectivity index (χ1v) is 11.2. The first-order valence-electron chi connectivity index (χ1n) is 11.2. The lowest BCUT2D eigenvalue weighted by atomic mass is 9.91. The molecule has 3 atom stereocenters. The van der Waals surface area contributed by atoms with Crippen molar-refractivity contribution in [3.63, 3.8) is 0 Å². The number of carboxylic acid groups (broad SMARTS) is 1. The van der Waals surface area contributed by atoms with E-state index in [1.165, 1.54) is 10.6 Å². The zero-order valence-electron chi connectivity index (χ0n) is 18.9. The van der Waals surface area contributed by atoms with Gasteiger partial charge < -0.3 is 15.4 Å². The van der Waals surface area contributed by atoms with Crippen LogP contribution >= 0.6 is 0 Å². The molecule has 3 aromatic rings. The molecule has 1 heterocycles. The summed E-state index contributed by atoms with van der Waals surface area (Å²) in [6, 6.07) is 9.47. The summed E-state index contributed by atoms with van der Waals surface area (Å²) in [6.07, 6.45) is 1.61. The van der Waals surface area contributed by atoms with Crippen molar-refractivity contribution in [2.24, 2.45) is 18.9 Å². The molecular formula is C25H28FN3O4. The molecule has 0 bridgehead atoms. The third-order valence-electron chi connectivity index (χ3n) is 6.72. The van der Waals surface area contributed by atoms with Crippen LogP contribution in [0.5, 0.6) is 0 Å². The minimum absolute atomic E-state index is 0.00388. The number of rotatable bonds is 6. The maximum Gasteiger partial charge on any atom is 0.326 e. The maximum atomic E-state index is 14.9. The third kappa shape index (κ3) is 4.17. The van der Waals surface area contributed by atoms with Crippen LogP contribution in [0, 0.1) is 17.7 Å². The zero-order valence-corrected chi connectivity index (χ0v) is 18.9. The number of carboxylic acids is 1. The first-order chi connectivity index (χ1) is 15.7. The van der Waals surface area contributed by atoms with E-state index in [0.717, 1.165) is 0 Å². The molecule has 0 spiro atoms. The Hall–Kier alpha value is -3.42. The number of benzene rings is 2. The van der Waals surface area contributed by atoms with E-state index >= 15 is 0 Å². The number of H-pyrrole nitrogens is 1. The van der Waals surface area contributed by atoms with Gasteiger partial charge in [0.1, 0.15) is 5.82 Å². The van der Waals surface area contributed by atoms with E-state index in [4.69, 9.17) is 0 Å². The maximum absolute atomic E-state index is 14.9. The zero-order chi connectivity index (χ0) is 23.9. The predicted octanol–water partition coefficient (Wildman–Crippen LogP) is 3.84. The molecular weight excluding hydrogens is 425 g/mol. The number of fused-ring (bicyclic) bond motifs is 1. The van der Waals surface area contributed by atoms with Crippen molar-refractivity contribution in [3.8, 4) is 0 Å². The summed E-state index contributed by atoms with van der Waals surface area (Å²) in [4.78, 5) is 40.0. The van der Waals surface area contributed by atoms with Crippen molar-refractivity contribution < 1.29 is 19.1 Å². The Labute approximate surface area is 190 Å². The number of halogens is 1. The summed E-state index contributed by atoms with van der Waals surface area (Å²) >= 11 is 0. The quantitative estimate of drug-likeness (QED) is 0.528. The Morgan fingerprint density at radius 1 is 1.15 bits per heavy atom. The lowest BCUT2D eigenvalue weighted by Crippen LogP contribution is -2.38. The second-order valence-corrected chi connectivity index (χ2v) is 9.09. The van der Waals surface area contributed by atoms with E-state index in [1.807, 2.05) is 13.8 Å². The molecule has 8 heteroatoms. The molecule has 1 amide bonds. The highest BCUT2D eigenvalue weighted by molar-refractivity contribution is 5.87. The number of carbonyl (C=O) groups is 2.